The number of aryl methyl sites for hydroxylation is 4. The molecular weight excluding hydrogens is 431 g/mol. The minimum Gasteiger partial charge on any atom is -0.370 e. The molecule has 132 valence electrons. The maximum absolute atomic E-state index is 6.07. The minimum absolute atomic E-state index is 0. The van der Waals surface area contributed by atoms with Crippen LogP contribution in [0.4, 0.5) is 5.69 Å². The Morgan fingerprint density at radius 3 is 2.33 bits per heavy atom. The Hall–Kier alpha value is -1.15. The van der Waals surface area contributed by atoms with Crippen LogP contribution in [-0.2, 0) is 19.3 Å². The molecule has 0 saturated heterocycles. The van der Waals surface area contributed by atoms with Crippen molar-refractivity contribution in [2.24, 2.45) is 10.7 Å². The van der Waals surface area contributed by atoms with Crippen LogP contribution in [0.25, 0.3) is 0 Å². The van der Waals surface area contributed by atoms with Crippen LogP contribution in [0, 0.1) is 13.8 Å². The summed E-state index contributed by atoms with van der Waals surface area (Å²) < 4.78 is 0. The van der Waals surface area contributed by atoms with E-state index in [1.165, 1.54) is 16.0 Å². The molecule has 0 aliphatic rings. The number of thiazole rings is 1. The van der Waals surface area contributed by atoms with Gasteiger partial charge in [-0.15, -0.1) is 35.3 Å². The standard InChI is InChI=1S/C18H26N4S.HI/c1-5-14-8-7-9-15(6-2)17(14)22-18(19)20-11-10-16-21-12(3)13(4)23-16;/h7-9H,5-6,10-11H2,1-4H3,(H3,19,20,22);1H. The summed E-state index contributed by atoms with van der Waals surface area (Å²) in [6.45, 7) is 9.11. The normalized spacial score (nSPS) is 11.2. The van der Waals surface area contributed by atoms with Gasteiger partial charge in [0.1, 0.15) is 0 Å². The average Bonchev–Trinajstić information content (AvgIpc) is 2.85. The predicted molar refractivity (Wildman–Crippen MR) is 116 cm³/mol. The van der Waals surface area contributed by atoms with Crippen LogP contribution in [0.15, 0.2) is 23.2 Å². The molecule has 24 heavy (non-hydrogen) atoms. The average molecular weight is 458 g/mol. The fourth-order valence-corrected chi connectivity index (χ4v) is 3.41. The lowest BCUT2D eigenvalue weighted by Crippen LogP contribution is -2.24. The first-order valence-electron chi connectivity index (χ1n) is 8.15. The number of guanidine groups is 1. The van der Waals surface area contributed by atoms with Crippen molar-refractivity contribution in [1.29, 1.82) is 0 Å². The fourth-order valence-electron chi connectivity index (χ4n) is 2.49. The van der Waals surface area contributed by atoms with Gasteiger partial charge in [-0.2, -0.15) is 0 Å². The SMILES string of the molecule is CCc1cccc(CC)c1NC(N)=NCCc1nc(C)c(C)s1.I. The molecule has 0 bridgehead atoms. The van der Waals surface area contributed by atoms with E-state index in [9.17, 15) is 0 Å². The monoisotopic (exact) mass is 458 g/mol. The number of nitrogens with zero attached hydrogens (tertiary/aromatic N) is 2. The summed E-state index contributed by atoms with van der Waals surface area (Å²) in [6, 6.07) is 6.37. The largest absolute Gasteiger partial charge is 0.370 e. The Bertz CT molecular complexity index is 653. The number of hydrogen-bond acceptors (Lipinski definition) is 3. The molecule has 0 spiro atoms. The summed E-state index contributed by atoms with van der Waals surface area (Å²) in [4.78, 5) is 10.3. The van der Waals surface area contributed by atoms with Gasteiger partial charge in [0.2, 0.25) is 0 Å². The molecule has 1 heterocycles. The minimum atomic E-state index is 0. The number of nitrogens with two attached hydrogens (primary N) is 1. The van der Waals surface area contributed by atoms with Crippen molar-refractivity contribution in [3.05, 3.63) is 44.9 Å². The predicted octanol–water partition coefficient (Wildman–Crippen LogP) is 4.47. The van der Waals surface area contributed by atoms with Gasteiger partial charge in [-0.25, -0.2) is 4.98 Å². The van der Waals surface area contributed by atoms with E-state index in [4.69, 9.17) is 5.73 Å². The molecule has 0 aliphatic carbocycles. The molecule has 0 amide bonds. The van der Waals surface area contributed by atoms with E-state index in [1.807, 2.05) is 6.92 Å². The van der Waals surface area contributed by atoms with Gasteiger partial charge in [-0.3, -0.25) is 4.99 Å². The number of nitrogens with one attached hydrogen (secondary N) is 1. The Morgan fingerprint density at radius 2 is 1.83 bits per heavy atom. The Balaban J connectivity index is 0.00000288. The number of aliphatic imine (C=N–C) groups is 1. The van der Waals surface area contributed by atoms with Gasteiger partial charge >= 0.3 is 0 Å². The number of rotatable bonds is 6. The molecule has 0 radical (unpaired) electrons. The van der Waals surface area contributed by atoms with E-state index in [0.717, 1.165) is 35.7 Å². The van der Waals surface area contributed by atoms with Gasteiger partial charge in [-0.05, 0) is 37.8 Å². The van der Waals surface area contributed by atoms with Crippen molar-refractivity contribution >= 4 is 47.0 Å². The first-order chi connectivity index (χ1) is 11.0. The number of aromatic nitrogens is 1. The Kier molecular flexibility index (Phi) is 8.69. The molecule has 1 aromatic heterocycles. The zero-order valence-corrected chi connectivity index (χ0v) is 18.0. The zero-order valence-electron chi connectivity index (χ0n) is 14.8. The van der Waals surface area contributed by atoms with E-state index in [0.29, 0.717) is 12.5 Å². The molecule has 0 atom stereocenters. The van der Waals surface area contributed by atoms with E-state index >= 15 is 0 Å². The lowest BCUT2D eigenvalue weighted by atomic mass is 10.0. The van der Waals surface area contributed by atoms with E-state index in [2.05, 4.69) is 54.3 Å². The van der Waals surface area contributed by atoms with Crippen molar-refractivity contribution < 1.29 is 0 Å². The highest BCUT2D eigenvalue weighted by molar-refractivity contribution is 14.0. The Labute approximate surface area is 166 Å². The molecule has 1 aromatic carbocycles. The molecule has 6 heteroatoms. The van der Waals surface area contributed by atoms with Crippen LogP contribution in [0.3, 0.4) is 0 Å². The lowest BCUT2D eigenvalue weighted by molar-refractivity contribution is 0.941. The van der Waals surface area contributed by atoms with Crippen LogP contribution in [0.5, 0.6) is 0 Å². The first-order valence-corrected chi connectivity index (χ1v) is 8.97. The number of benzene rings is 1. The molecule has 2 aromatic rings. The summed E-state index contributed by atoms with van der Waals surface area (Å²) >= 11 is 1.74. The number of hydrogen-bond donors (Lipinski definition) is 2. The topological polar surface area (TPSA) is 63.3 Å². The van der Waals surface area contributed by atoms with Crippen molar-refractivity contribution in [2.75, 3.05) is 11.9 Å². The molecule has 0 fully saturated rings. The van der Waals surface area contributed by atoms with Gasteiger partial charge < -0.3 is 11.1 Å². The van der Waals surface area contributed by atoms with Crippen molar-refractivity contribution in [1.82, 2.24) is 4.98 Å². The van der Waals surface area contributed by atoms with Crippen molar-refractivity contribution in [2.45, 2.75) is 47.0 Å². The molecular formula is C18H27IN4S. The summed E-state index contributed by atoms with van der Waals surface area (Å²) in [5.74, 6) is 0.477. The summed E-state index contributed by atoms with van der Waals surface area (Å²) in [5, 5.41) is 4.42. The molecule has 3 N–H and O–H groups in total. The maximum Gasteiger partial charge on any atom is 0.193 e. The smallest absolute Gasteiger partial charge is 0.193 e. The highest BCUT2D eigenvalue weighted by atomic mass is 127. The maximum atomic E-state index is 6.07. The van der Waals surface area contributed by atoms with E-state index < -0.39 is 0 Å². The van der Waals surface area contributed by atoms with Gasteiger partial charge in [-0.1, -0.05) is 32.0 Å². The van der Waals surface area contributed by atoms with E-state index in [1.54, 1.807) is 11.3 Å². The third kappa shape index (κ3) is 5.44. The number of halogens is 1. The summed E-state index contributed by atoms with van der Waals surface area (Å²) in [6.07, 6.45) is 2.78. The Morgan fingerprint density at radius 1 is 1.21 bits per heavy atom. The van der Waals surface area contributed by atoms with E-state index in [-0.39, 0.29) is 24.0 Å². The highest BCUT2D eigenvalue weighted by Crippen LogP contribution is 2.22. The van der Waals surface area contributed by atoms with Gasteiger partial charge in [0.25, 0.3) is 0 Å². The summed E-state index contributed by atoms with van der Waals surface area (Å²) in [5.41, 5.74) is 10.8. The van der Waals surface area contributed by atoms with Gasteiger partial charge in [0, 0.05) is 23.5 Å². The molecule has 0 saturated carbocycles. The molecule has 0 aliphatic heterocycles. The van der Waals surface area contributed by atoms with Gasteiger partial charge in [0.05, 0.1) is 10.7 Å². The third-order valence-electron chi connectivity index (χ3n) is 3.93. The lowest BCUT2D eigenvalue weighted by Gasteiger charge is -2.14. The quantitative estimate of drug-likeness (QED) is 0.382. The van der Waals surface area contributed by atoms with Gasteiger partial charge in [0.15, 0.2) is 5.96 Å². The fraction of sp³-hybridized carbons (Fsp3) is 0.444. The second-order valence-corrected chi connectivity index (χ2v) is 6.84. The van der Waals surface area contributed by atoms with Crippen LogP contribution in [-0.4, -0.2) is 17.5 Å². The van der Waals surface area contributed by atoms with Crippen LogP contribution < -0.4 is 11.1 Å². The van der Waals surface area contributed by atoms with Crippen molar-refractivity contribution in [3.63, 3.8) is 0 Å². The highest BCUT2D eigenvalue weighted by Gasteiger charge is 2.07. The van der Waals surface area contributed by atoms with Crippen molar-refractivity contribution in [3.8, 4) is 0 Å². The van der Waals surface area contributed by atoms with Crippen LogP contribution >= 0.6 is 35.3 Å². The second kappa shape index (κ2) is 9.98. The molecule has 2 rings (SSSR count). The van der Waals surface area contributed by atoms with Crippen LogP contribution in [0.2, 0.25) is 0 Å². The summed E-state index contributed by atoms with van der Waals surface area (Å²) in [7, 11) is 0. The second-order valence-electron chi connectivity index (χ2n) is 5.55. The third-order valence-corrected chi connectivity index (χ3v) is 5.07. The number of para-hydroxylation sites is 1. The van der Waals surface area contributed by atoms with Crippen LogP contribution in [0.1, 0.15) is 40.6 Å². The molecule has 0 unspecified atom stereocenters. The molecule has 4 nitrogen and oxygen atoms in total. The number of anilines is 1. The first kappa shape index (κ1) is 20.9. The zero-order chi connectivity index (χ0) is 16.8.